The molecule has 3 rings (SSSR count). The molecule has 0 amide bonds. The number of benzene rings is 3. The van der Waals surface area contributed by atoms with Crippen LogP contribution in [0.2, 0.25) is 0 Å². The van der Waals surface area contributed by atoms with E-state index < -0.39 is 8.07 Å². The molecular weight excluding hydrogens is 485 g/mol. The summed E-state index contributed by atoms with van der Waals surface area (Å²) in [4.78, 5) is 0. The molecule has 0 heterocycles. The lowest BCUT2D eigenvalue weighted by Gasteiger charge is -2.33. The van der Waals surface area contributed by atoms with Crippen molar-refractivity contribution in [2.45, 2.75) is 101 Å². The van der Waals surface area contributed by atoms with E-state index in [0.29, 0.717) is 17.8 Å². The van der Waals surface area contributed by atoms with Gasteiger partial charge in [-0.3, -0.25) is 0 Å². The van der Waals surface area contributed by atoms with Crippen LogP contribution in [0.4, 0.5) is 0 Å². The van der Waals surface area contributed by atoms with Crippen molar-refractivity contribution >= 4 is 24.5 Å². The molecule has 206 valence electrons. The van der Waals surface area contributed by atoms with E-state index in [4.69, 9.17) is 0 Å². The molecule has 0 aliphatic heterocycles. The monoisotopic (exact) mass is 534 g/mol. The van der Waals surface area contributed by atoms with Crippen LogP contribution < -0.4 is 10.4 Å². The fraction of sp³-hybridized carbons (Fsp3) is 0.421. The third kappa shape index (κ3) is 7.04. The Morgan fingerprint density at radius 2 is 1.23 bits per heavy atom. The van der Waals surface area contributed by atoms with Gasteiger partial charge in [-0.05, 0) is 109 Å². The van der Waals surface area contributed by atoms with Gasteiger partial charge < -0.3 is 0 Å². The van der Waals surface area contributed by atoms with E-state index in [0.717, 1.165) is 0 Å². The van der Waals surface area contributed by atoms with Gasteiger partial charge in [0, 0.05) is 5.41 Å². The Bertz CT molecular complexity index is 1360. The van der Waals surface area contributed by atoms with Gasteiger partial charge in [-0.25, -0.2) is 0 Å². The minimum absolute atomic E-state index is 0.0922. The second-order valence-electron chi connectivity index (χ2n) is 13.3. The normalized spacial score (nSPS) is 13.7. The van der Waals surface area contributed by atoms with Crippen molar-refractivity contribution in [3.8, 4) is 11.5 Å². The van der Waals surface area contributed by atoms with Crippen molar-refractivity contribution in [1.29, 1.82) is 0 Å². The molecule has 0 aliphatic carbocycles. The highest BCUT2D eigenvalue weighted by Gasteiger charge is 2.39. The summed E-state index contributed by atoms with van der Waals surface area (Å²) in [5, 5.41) is 2.86. The molecule has 0 fully saturated rings. The highest BCUT2D eigenvalue weighted by Crippen LogP contribution is 2.30. The molecule has 1 atom stereocenters. The number of hydrogen-bond donors (Lipinski definition) is 0. The molecule has 0 aromatic heterocycles. The first kappa shape index (κ1) is 30.7. The van der Waals surface area contributed by atoms with Crippen LogP contribution in [-0.4, -0.2) is 8.07 Å². The maximum Gasteiger partial charge on any atom is 0.223 e. The Hall–Kier alpha value is -2.82. The summed E-state index contributed by atoms with van der Waals surface area (Å²) in [5.74, 6) is 5.05. The third-order valence-corrected chi connectivity index (χ3v) is 11.6. The Kier molecular flexibility index (Phi) is 9.56. The Morgan fingerprint density at radius 3 is 1.72 bits per heavy atom. The van der Waals surface area contributed by atoms with Crippen molar-refractivity contribution in [3.05, 3.63) is 99.2 Å². The van der Waals surface area contributed by atoms with Crippen LogP contribution in [0.15, 0.2) is 60.3 Å². The van der Waals surface area contributed by atoms with Crippen molar-refractivity contribution in [1.82, 2.24) is 0 Å². The van der Waals surface area contributed by atoms with Gasteiger partial charge in [-0.2, -0.15) is 0 Å². The highest BCUT2D eigenvalue weighted by atomic mass is 28.3. The van der Waals surface area contributed by atoms with Crippen LogP contribution in [-0.2, 0) is 0 Å². The van der Waals surface area contributed by atoms with Gasteiger partial charge in [0.1, 0.15) is 0 Å². The zero-order valence-electron chi connectivity index (χ0n) is 26.6. The number of aryl methyl sites for hydroxylation is 3. The first-order valence-corrected chi connectivity index (χ1v) is 16.8. The largest absolute Gasteiger partial charge is 0.223 e. The summed E-state index contributed by atoms with van der Waals surface area (Å²) in [7, 11) is -2.71. The molecule has 0 saturated carbocycles. The smallest absolute Gasteiger partial charge is 0.114 e. The van der Waals surface area contributed by atoms with Gasteiger partial charge in [0.2, 0.25) is 8.07 Å². The molecule has 3 aromatic carbocycles. The number of hydrogen-bond acceptors (Lipinski definition) is 0. The van der Waals surface area contributed by atoms with Gasteiger partial charge in [0.15, 0.2) is 0 Å². The molecule has 39 heavy (non-hydrogen) atoms. The SMILES string of the molecule is Cc1cc(C)c(/C=C/[Si](C#CC(C)(C)C)(c2ccccc2)c2c(C(C)C)cc(C(C)C)cc2C(C)C)cc1C. The van der Waals surface area contributed by atoms with Crippen LogP contribution >= 0.6 is 0 Å². The minimum Gasteiger partial charge on any atom is -0.114 e. The Labute approximate surface area is 241 Å². The quantitative estimate of drug-likeness (QED) is 0.209. The average Bonchev–Trinajstić information content (AvgIpc) is 2.86. The van der Waals surface area contributed by atoms with Crippen LogP contribution in [0.5, 0.6) is 0 Å². The molecule has 0 saturated heterocycles. The minimum atomic E-state index is -2.71. The summed E-state index contributed by atoms with van der Waals surface area (Å²) in [6.07, 6.45) is 2.39. The predicted molar refractivity (Wildman–Crippen MR) is 177 cm³/mol. The lowest BCUT2D eigenvalue weighted by Crippen LogP contribution is -2.59. The molecule has 0 N–H and O–H groups in total. The first-order valence-electron chi connectivity index (χ1n) is 14.7. The zero-order valence-corrected chi connectivity index (χ0v) is 27.6. The lowest BCUT2D eigenvalue weighted by atomic mass is 9.89. The number of rotatable bonds is 7. The zero-order chi connectivity index (χ0) is 29.1. The van der Waals surface area contributed by atoms with Crippen LogP contribution in [0, 0.1) is 37.7 Å². The fourth-order valence-corrected chi connectivity index (χ4v) is 9.63. The van der Waals surface area contributed by atoms with E-state index in [9.17, 15) is 0 Å². The standard InChI is InChI=1S/C38H50Si/c1-26(2)33-24-35(27(3)4)37(36(25-33)28(5)6)39(21-19-38(10,11)12,34-16-14-13-15-17-34)20-18-32-23-30(8)29(7)22-31(32)9/h13-18,20,22-28H,1-12H3/b20-18+. The van der Waals surface area contributed by atoms with Crippen LogP contribution in [0.3, 0.4) is 0 Å². The summed E-state index contributed by atoms with van der Waals surface area (Å²) >= 11 is 0. The van der Waals surface area contributed by atoms with E-state index in [-0.39, 0.29) is 5.41 Å². The van der Waals surface area contributed by atoms with Gasteiger partial charge in [-0.15, -0.1) is 11.5 Å². The van der Waals surface area contributed by atoms with Crippen LogP contribution in [0.1, 0.15) is 119 Å². The molecule has 0 aliphatic rings. The second-order valence-corrected chi connectivity index (χ2v) is 16.6. The second kappa shape index (κ2) is 12.1. The topological polar surface area (TPSA) is 0 Å². The molecule has 3 aromatic rings. The van der Waals surface area contributed by atoms with Gasteiger partial charge >= 0.3 is 0 Å². The maximum absolute atomic E-state index is 4.06. The first-order chi connectivity index (χ1) is 18.2. The Morgan fingerprint density at radius 1 is 0.692 bits per heavy atom. The van der Waals surface area contributed by atoms with Crippen molar-refractivity contribution < 1.29 is 0 Å². The molecule has 1 heteroatoms. The summed E-state index contributed by atoms with van der Waals surface area (Å²) in [6.45, 7) is 27.4. The fourth-order valence-electron chi connectivity index (χ4n) is 5.28. The van der Waals surface area contributed by atoms with E-state index in [1.165, 1.54) is 49.3 Å². The van der Waals surface area contributed by atoms with E-state index in [1.54, 1.807) is 0 Å². The van der Waals surface area contributed by atoms with Crippen LogP contribution in [0.25, 0.3) is 6.08 Å². The van der Waals surface area contributed by atoms with Crippen molar-refractivity contribution in [3.63, 3.8) is 0 Å². The highest BCUT2D eigenvalue weighted by molar-refractivity contribution is 7.12. The van der Waals surface area contributed by atoms with E-state index in [1.807, 2.05) is 0 Å². The molecule has 0 bridgehead atoms. The molecule has 0 radical (unpaired) electrons. The maximum atomic E-state index is 4.06. The molecule has 1 unspecified atom stereocenters. The Balaban J connectivity index is 2.57. The van der Waals surface area contributed by atoms with Crippen molar-refractivity contribution in [2.75, 3.05) is 0 Å². The molecule has 0 spiro atoms. The van der Waals surface area contributed by atoms with Gasteiger partial charge in [0.25, 0.3) is 0 Å². The van der Waals surface area contributed by atoms with Gasteiger partial charge in [0.05, 0.1) is 0 Å². The third-order valence-electron chi connectivity index (χ3n) is 7.79. The van der Waals surface area contributed by atoms with E-state index in [2.05, 4.69) is 161 Å². The summed E-state index contributed by atoms with van der Waals surface area (Å²) < 4.78 is 0. The molecular formula is C38H50Si. The van der Waals surface area contributed by atoms with Crippen molar-refractivity contribution in [2.24, 2.45) is 5.41 Å². The average molecular weight is 535 g/mol. The van der Waals surface area contributed by atoms with E-state index >= 15 is 0 Å². The van der Waals surface area contributed by atoms with Gasteiger partial charge in [-0.1, -0.05) is 108 Å². The lowest BCUT2D eigenvalue weighted by molar-refractivity contribution is 0.571. The predicted octanol–water partition coefficient (Wildman–Crippen LogP) is 9.39. The summed E-state index contributed by atoms with van der Waals surface area (Å²) in [6, 6.07) is 20.8. The molecule has 0 nitrogen and oxygen atoms in total. The summed E-state index contributed by atoms with van der Waals surface area (Å²) in [5.41, 5.74) is 16.2.